The second-order valence-electron chi connectivity index (χ2n) is 4.09. The van der Waals surface area contributed by atoms with Gasteiger partial charge in [0.15, 0.2) is 0 Å². The van der Waals surface area contributed by atoms with E-state index in [1.807, 2.05) is 4.90 Å². The van der Waals surface area contributed by atoms with E-state index in [1.54, 1.807) is 0 Å². The molecule has 94 valence electrons. The third-order valence-electron chi connectivity index (χ3n) is 2.91. The Morgan fingerprint density at radius 1 is 1.41 bits per heavy atom. The highest BCUT2D eigenvalue weighted by Crippen LogP contribution is 2.16. The van der Waals surface area contributed by atoms with Crippen LogP contribution in [0.5, 0.6) is 0 Å². The van der Waals surface area contributed by atoms with Crippen molar-refractivity contribution in [3.63, 3.8) is 0 Å². The number of hydrogen-bond donors (Lipinski definition) is 0. The first-order chi connectivity index (χ1) is 8.20. The molecule has 1 heterocycles. The fourth-order valence-electron chi connectivity index (χ4n) is 1.92. The van der Waals surface area contributed by atoms with Gasteiger partial charge in [-0.15, -0.1) is 11.6 Å². The highest BCUT2D eigenvalue weighted by molar-refractivity contribution is 6.18. The second kappa shape index (κ2) is 5.76. The lowest BCUT2D eigenvalue weighted by molar-refractivity contribution is -0.00350. The van der Waals surface area contributed by atoms with Gasteiger partial charge in [-0.05, 0) is 18.2 Å². The van der Waals surface area contributed by atoms with E-state index < -0.39 is 5.82 Å². The lowest BCUT2D eigenvalue weighted by atomic mass is 10.1. The average Bonchev–Trinajstić information content (AvgIpc) is 2.34. The number of ether oxygens (including phenoxy) is 1. The van der Waals surface area contributed by atoms with E-state index in [9.17, 15) is 8.78 Å². The number of rotatable bonds is 3. The number of halogens is 3. The lowest BCUT2D eigenvalue weighted by Gasteiger charge is -2.34. The first-order valence-corrected chi connectivity index (χ1v) is 6.06. The zero-order valence-electron chi connectivity index (χ0n) is 9.33. The molecule has 0 spiro atoms. The summed E-state index contributed by atoms with van der Waals surface area (Å²) < 4.78 is 31.8. The van der Waals surface area contributed by atoms with Crippen molar-refractivity contribution in [2.24, 2.45) is 0 Å². The fraction of sp³-hybridized carbons (Fsp3) is 0.500. The summed E-state index contributed by atoms with van der Waals surface area (Å²) in [5.41, 5.74) is 0.363. The molecule has 0 aromatic heterocycles. The molecule has 2 nitrogen and oxygen atoms in total. The van der Waals surface area contributed by atoms with Gasteiger partial charge in [0, 0.05) is 30.6 Å². The van der Waals surface area contributed by atoms with E-state index in [0.717, 1.165) is 12.1 Å². The van der Waals surface area contributed by atoms with Crippen LogP contribution in [0.4, 0.5) is 8.78 Å². The molecule has 1 aliphatic rings. The van der Waals surface area contributed by atoms with Gasteiger partial charge in [-0.2, -0.15) is 0 Å². The molecule has 0 aliphatic carbocycles. The second-order valence-corrected chi connectivity index (χ2v) is 4.40. The molecule has 1 unspecified atom stereocenters. The Morgan fingerprint density at radius 3 is 3.00 bits per heavy atom. The number of morpholine rings is 1. The molecule has 0 radical (unpaired) electrons. The minimum absolute atomic E-state index is 0.0630. The summed E-state index contributed by atoms with van der Waals surface area (Å²) in [6.07, 6.45) is 0. The van der Waals surface area contributed by atoms with Gasteiger partial charge in [-0.1, -0.05) is 0 Å². The first-order valence-electron chi connectivity index (χ1n) is 5.52. The normalized spacial score (nSPS) is 21.7. The third-order valence-corrected chi connectivity index (χ3v) is 3.27. The van der Waals surface area contributed by atoms with Crippen LogP contribution >= 0.6 is 11.6 Å². The number of hydrogen-bond acceptors (Lipinski definition) is 2. The molecule has 1 atom stereocenters. The third kappa shape index (κ3) is 3.15. The minimum atomic E-state index is -0.419. The highest BCUT2D eigenvalue weighted by atomic mass is 35.5. The summed E-state index contributed by atoms with van der Waals surface area (Å²) in [4.78, 5) is 2.02. The topological polar surface area (TPSA) is 12.5 Å². The molecule has 1 aliphatic heterocycles. The van der Waals surface area contributed by atoms with Gasteiger partial charge in [-0.3, -0.25) is 4.90 Å². The van der Waals surface area contributed by atoms with Gasteiger partial charge >= 0.3 is 0 Å². The molecular formula is C12H14ClF2NO. The zero-order chi connectivity index (χ0) is 12.3. The number of benzene rings is 1. The van der Waals surface area contributed by atoms with Crippen molar-refractivity contribution in [3.05, 3.63) is 35.4 Å². The first kappa shape index (κ1) is 12.7. The van der Waals surface area contributed by atoms with E-state index >= 15 is 0 Å². The van der Waals surface area contributed by atoms with Crippen LogP contribution in [0, 0.1) is 11.6 Å². The highest BCUT2D eigenvalue weighted by Gasteiger charge is 2.23. The Kier molecular flexibility index (Phi) is 4.31. The van der Waals surface area contributed by atoms with Gasteiger partial charge in [-0.25, -0.2) is 8.78 Å². The predicted molar refractivity (Wildman–Crippen MR) is 62.1 cm³/mol. The van der Waals surface area contributed by atoms with E-state index in [2.05, 4.69) is 0 Å². The quantitative estimate of drug-likeness (QED) is 0.775. The Hall–Kier alpha value is -0.710. The van der Waals surface area contributed by atoms with Gasteiger partial charge < -0.3 is 4.74 Å². The number of alkyl halides is 1. The molecule has 17 heavy (non-hydrogen) atoms. The van der Waals surface area contributed by atoms with E-state index in [4.69, 9.17) is 16.3 Å². The van der Waals surface area contributed by atoms with Crippen molar-refractivity contribution >= 4 is 11.6 Å². The summed E-state index contributed by atoms with van der Waals surface area (Å²) in [5.74, 6) is -0.375. The van der Waals surface area contributed by atoms with Crippen LogP contribution in [-0.2, 0) is 11.3 Å². The minimum Gasteiger partial charge on any atom is -0.378 e. The van der Waals surface area contributed by atoms with Crippen molar-refractivity contribution in [1.29, 1.82) is 0 Å². The van der Waals surface area contributed by atoms with Crippen LogP contribution < -0.4 is 0 Å². The molecule has 2 rings (SSSR count). The standard InChI is InChI=1S/C12H14ClF2NO/c13-6-11-8-17-4-3-16(11)7-9-5-10(14)1-2-12(9)15/h1-2,5,11H,3-4,6-8H2. The molecule has 0 N–H and O–H groups in total. The maximum absolute atomic E-state index is 13.5. The van der Waals surface area contributed by atoms with Crippen molar-refractivity contribution in [1.82, 2.24) is 4.90 Å². The Balaban J connectivity index is 2.10. The van der Waals surface area contributed by atoms with E-state index in [-0.39, 0.29) is 11.9 Å². The van der Waals surface area contributed by atoms with Crippen molar-refractivity contribution in [2.45, 2.75) is 12.6 Å². The summed E-state index contributed by atoms with van der Waals surface area (Å²) >= 11 is 5.82. The van der Waals surface area contributed by atoms with Crippen molar-refractivity contribution in [3.8, 4) is 0 Å². The Bertz CT molecular complexity index is 389. The Morgan fingerprint density at radius 2 is 2.24 bits per heavy atom. The fourth-order valence-corrected chi connectivity index (χ4v) is 2.21. The summed E-state index contributed by atoms with van der Waals surface area (Å²) in [7, 11) is 0. The average molecular weight is 262 g/mol. The molecule has 1 aromatic carbocycles. The summed E-state index contributed by atoms with van der Waals surface area (Å²) in [6, 6.07) is 3.57. The number of nitrogens with zero attached hydrogens (tertiary/aromatic N) is 1. The SMILES string of the molecule is Fc1ccc(F)c(CN2CCOCC2CCl)c1. The van der Waals surface area contributed by atoms with Crippen molar-refractivity contribution < 1.29 is 13.5 Å². The zero-order valence-corrected chi connectivity index (χ0v) is 10.1. The van der Waals surface area contributed by atoms with Crippen LogP contribution in [-0.4, -0.2) is 36.6 Å². The largest absolute Gasteiger partial charge is 0.378 e. The molecule has 1 saturated heterocycles. The summed E-state index contributed by atoms with van der Waals surface area (Å²) in [6.45, 7) is 2.20. The van der Waals surface area contributed by atoms with Gasteiger partial charge in [0.25, 0.3) is 0 Å². The van der Waals surface area contributed by atoms with E-state index in [1.165, 1.54) is 6.07 Å². The van der Waals surface area contributed by atoms with Crippen LogP contribution in [0.25, 0.3) is 0 Å². The monoisotopic (exact) mass is 261 g/mol. The predicted octanol–water partition coefficient (Wildman–Crippen LogP) is 2.40. The molecule has 0 bridgehead atoms. The molecule has 5 heteroatoms. The molecule has 0 saturated carbocycles. The molecule has 1 fully saturated rings. The van der Waals surface area contributed by atoms with Gasteiger partial charge in [0.1, 0.15) is 11.6 Å². The van der Waals surface area contributed by atoms with Crippen LogP contribution in [0.2, 0.25) is 0 Å². The van der Waals surface area contributed by atoms with Gasteiger partial charge in [0.2, 0.25) is 0 Å². The van der Waals surface area contributed by atoms with Crippen molar-refractivity contribution in [2.75, 3.05) is 25.6 Å². The van der Waals surface area contributed by atoms with Crippen LogP contribution in [0.15, 0.2) is 18.2 Å². The van der Waals surface area contributed by atoms with Gasteiger partial charge in [0.05, 0.1) is 13.2 Å². The van der Waals surface area contributed by atoms with E-state index in [0.29, 0.717) is 37.7 Å². The lowest BCUT2D eigenvalue weighted by Crippen LogP contribution is -2.46. The molecular weight excluding hydrogens is 248 g/mol. The van der Waals surface area contributed by atoms with Crippen LogP contribution in [0.1, 0.15) is 5.56 Å². The maximum atomic E-state index is 13.5. The molecule has 1 aromatic rings. The summed E-state index contributed by atoms with van der Waals surface area (Å²) in [5, 5.41) is 0. The maximum Gasteiger partial charge on any atom is 0.127 e. The Labute approximate surface area is 104 Å². The smallest absolute Gasteiger partial charge is 0.127 e. The van der Waals surface area contributed by atoms with Crippen LogP contribution in [0.3, 0.4) is 0 Å². The molecule has 0 amide bonds.